The number of amides is 2. The maximum Gasteiger partial charge on any atom is 0.313 e. The molecule has 0 radical (unpaired) electrons. The second-order valence-corrected chi connectivity index (χ2v) is 6.58. The minimum atomic E-state index is -0.668. The molecule has 3 rings (SSSR count). The van der Waals surface area contributed by atoms with Gasteiger partial charge in [-0.3, -0.25) is 9.59 Å². The van der Waals surface area contributed by atoms with Crippen molar-refractivity contribution < 1.29 is 19.1 Å². The van der Waals surface area contributed by atoms with Gasteiger partial charge in [0.1, 0.15) is 6.10 Å². The maximum absolute atomic E-state index is 12.0. The Morgan fingerprint density at radius 2 is 1.96 bits per heavy atom. The SMILES string of the molecule is Cc1cccc(NC(=O)C(=O)NCC2COC3(CCCC3)O2)c1C. The molecule has 1 aromatic rings. The summed E-state index contributed by atoms with van der Waals surface area (Å²) >= 11 is 0. The topological polar surface area (TPSA) is 76.7 Å². The van der Waals surface area contributed by atoms with E-state index < -0.39 is 17.6 Å². The number of hydrogen-bond donors (Lipinski definition) is 2. The molecular formula is C18H24N2O4. The van der Waals surface area contributed by atoms with E-state index in [0.717, 1.165) is 36.8 Å². The van der Waals surface area contributed by atoms with Crippen molar-refractivity contribution in [2.45, 2.75) is 51.4 Å². The van der Waals surface area contributed by atoms with Gasteiger partial charge < -0.3 is 20.1 Å². The molecule has 1 aliphatic carbocycles. The molecule has 1 aliphatic heterocycles. The molecular weight excluding hydrogens is 308 g/mol. The summed E-state index contributed by atoms with van der Waals surface area (Å²) in [5.41, 5.74) is 2.67. The van der Waals surface area contributed by atoms with Crippen LogP contribution in [0.3, 0.4) is 0 Å². The van der Waals surface area contributed by atoms with Crippen LogP contribution in [-0.4, -0.2) is 36.9 Å². The summed E-state index contributed by atoms with van der Waals surface area (Å²) in [6.45, 7) is 4.61. The highest BCUT2D eigenvalue weighted by Gasteiger charge is 2.43. The van der Waals surface area contributed by atoms with E-state index in [2.05, 4.69) is 10.6 Å². The molecule has 1 atom stereocenters. The Kier molecular flexibility index (Phi) is 4.87. The second-order valence-electron chi connectivity index (χ2n) is 6.58. The van der Waals surface area contributed by atoms with Crippen LogP contribution in [0.2, 0.25) is 0 Å². The van der Waals surface area contributed by atoms with E-state index >= 15 is 0 Å². The summed E-state index contributed by atoms with van der Waals surface area (Å²) < 4.78 is 11.7. The Balaban J connectivity index is 1.48. The maximum atomic E-state index is 12.0. The molecule has 1 saturated carbocycles. The Bertz CT molecular complexity index is 638. The number of nitrogens with one attached hydrogen (secondary N) is 2. The summed E-state index contributed by atoms with van der Waals surface area (Å²) in [5, 5.41) is 5.28. The fourth-order valence-corrected chi connectivity index (χ4v) is 3.25. The number of carbonyl (C=O) groups excluding carboxylic acids is 2. The lowest BCUT2D eigenvalue weighted by atomic mass is 10.1. The van der Waals surface area contributed by atoms with Gasteiger partial charge in [0.15, 0.2) is 5.79 Å². The van der Waals surface area contributed by atoms with Crippen LogP contribution < -0.4 is 10.6 Å². The van der Waals surface area contributed by atoms with Gasteiger partial charge in [-0.1, -0.05) is 12.1 Å². The average molecular weight is 332 g/mol. The lowest BCUT2D eigenvalue weighted by Crippen LogP contribution is -2.40. The number of benzene rings is 1. The van der Waals surface area contributed by atoms with Crippen molar-refractivity contribution >= 4 is 17.5 Å². The van der Waals surface area contributed by atoms with Gasteiger partial charge in [0, 0.05) is 25.1 Å². The van der Waals surface area contributed by atoms with Gasteiger partial charge in [0.2, 0.25) is 0 Å². The minimum Gasteiger partial charge on any atom is -0.347 e. The first-order chi connectivity index (χ1) is 11.5. The van der Waals surface area contributed by atoms with E-state index in [1.165, 1.54) is 0 Å². The number of anilines is 1. The van der Waals surface area contributed by atoms with E-state index in [0.29, 0.717) is 12.3 Å². The zero-order valence-electron chi connectivity index (χ0n) is 14.2. The highest BCUT2D eigenvalue weighted by molar-refractivity contribution is 6.39. The molecule has 0 bridgehead atoms. The van der Waals surface area contributed by atoms with Crippen molar-refractivity contribution in [2.24, 2.45) is 0 Å². The van der Waals surface area contributed by atoms with E-state index in [-0.39, 0.29) is 12.6 Å². The van der Waals surface area contributed by atoms with Gasteiger partial charge in [0.05, 0.1) is 6.61 Å². The number of aryl methyl sites for hydroxylation is 1. The molecule has 1 unspecified atom stereocenters. The van der Waals surface area contributed by atoms with Crippen molar-refractivity contribution in [1.29, 1.82) is 0 Å². The van der Waals surface area contributed by atoms with E-state index in [1.54, 1.807) is 6.07 Å². The Hall–Kier alpha value is -1.92. The first-order valence-electron chi connectivity index (χ1n) is 8.46. The van der Waals surface area contributed by atoms with E-state index in [9.17, 15) is 9.59 Å². The molecule has 1 saturated heterocycles. The zero-order valence-corrected chi connectivity index (χ0v) is 14.2. The van der Waals surface area contributed by atoms with Crippen LogP contribution in [0.25, 0.3) is 0 Å². The molecule has 1 heterocycles. The smallest absolute Gasteiger partial charge is 0.313 e. The van der Waals surface area contributed by atoms with Crippen LogP contribution >= 0.6 is 0 Å². The highest BCUT2D eigenvalue weighted by atomic mass is 16.7. The van der Waals surface area contributed by atoms with Crippen LogP contribution in [0.15, 0.2) is 18.2 Å². The van der Waals surface area contributed by atoms with Crippen molar-refractivity contribution in [3.05, 3.63) is 29.3 Å². The lowest BCUT2D eigenvalue weighted by molar-refractivity contribution is -0.161. The Morgan fingerprint density at radius 1 is 1.21 bits per heavy atom. The van der Waals surface area contributed by atoms with Crippen molar-refractivity contribution in [1.82, 2.24) is 5.32 Å². The predicted octanol–water partition coefficient (Wildman–Crippen LogP) is 2.04. The molecule has 130 valence electrons. The van der Waals surface area contributed by atoms with E-state index in [1.807, 2.05) is 26.0 Å². The molecule has 2 aliphatic rings. The van der Waals surface area contributed by atoms with Crippen LogP contribution in [-0.2, 0) is 19.1 Å². The van der Waals surface area contributed by atoms with Crippen molar-refractivity contribution in [3.8, 4) is 0 Å². The minimum absolute atomic E-state index is 0.194. The molecule has 1 spiro atoms. The normalized spacial score (nSPS) is 21.8. The molecule has 2 fully saturated rings. The molecule has 6 nitrogen and oxygen atoms in total. The average Bonchev–Trinajstić information content (AvgIpc) is 3.19. The second kappa shape index (κ2) is 6.91. The number of rotatable bonds is 3. The van der Waals surface area contributed by atoms with Crippen LogP contribution in [0, 0.1) is 13.8 Å². The lowest BCUT2D eigenvalue weighted by Gasteiger charge is -2.21. The number of hydrogen-bond acceptors (Lipinski definition) is 4. The van der Waals surface area contributed by atoms with Crippen LogP contribution in [0.1, 0.15) is 36.8 Å². The van der Waals surface area contributed by atoms with Gasteiger partial charge in [-0.25, -0.2) is 0 Å². The fraction of sp³-hybridized carbons (Fsp3) is 0.556. The van der Waals surface area contributed by atoms with Gasteiger partial charge in [0.25, 0.3) is 0 Å². The summed E-state index contributed by atoms with van der Waals surface area (Å²) in [7, 11) is 0. The number of carbonyl (C=O) groups is 2. The van der Waals surface area contributed by atoms with Gasteiger partial charge in [-0.2, -0.15) is 0 Å². The monoisotopic (exact) mass is 332 g/mol. The standard InChI is InChI=1S/C18H24N2O4/c1-12-6-5-7-15(13(12)2)20-17(22)16(21)19-10-14-11-23-18(24-14)8-3-4-9-18/h5-7,14H,3-4,8-11H2,1-2H3,(H,19,21)(H,20,22). The first-order valence-corrected chi connectivity index (χ1v) is 8.46. The first kappa shape index (κ1) is 16.9. The zero-order chi connectivity index (χ0) is 17.2. The quantitative estimate of drug-likeness (QED) is 0.831. The highest BCUT2D eigenvalue weighted by Crippen LogP contribution is 2.38. The largest absolute Gasteiger partial charge is 0.347 e. The third-order valence-corrected chi connectivity index (χ3v) is 4.83. The fourth-order valence-electron chi connectivity index (χ4n) is 3.25. The van der Waals surface area contributed by atoms with Crippen LogP contribution in [0.4, 0.5) is 5.69 Å². The Morgan fingerprint density at radius 3 is 2.71 bits per heavy atom. The van der Waals surface area contributed by atoms with Crippen molar-refractivity contribution in [3.63, 3.8) is 0 Å². The molecule has 2 amide bonds. The van der Waals surface area contributed by atoms with Crippen molar-refractivity contribution in [2.75, 3.05) is 18.5 Å². The van der Waals surface area contributed by atoms with Gasteiger partial charge in [-0.05, 0) is 43.9 Å². The van der Waals surface area contributed by atoms with E-state index in [4.69, 9.17) is 9.47 Å². The molecule has 0 aromatic heterocycles. The Labute approximate surface area is 141 Å². The third-order valence-electron chi connectivity index (χ3n) is 4.83. The summed E-state index contributed by atoms with van der Waals surface area (Å²) in [6.07, 6.45) is 3.84. The summed E-state index contributed by atoms with van der Waals surface area (Å²) in [4.78, 5) is 24.0. The molecule has 6 heteroatoms. The van der Waals surface area contributed by atoms with Gasteiger partial charge in [-0.15, -0.1) is 0 Å². The molecule has 2 N–H and O–H groups in total. The third kappa shape index (κ3) is 3.60. The summed E-state index contributed by atoms with van der Waals surface area (Å²) in [5.74, 6) is -1.78. The van der Waals surface area contributed by atoms with Crippen LogP contribution in [0.5, 0.6) is 0 Å². The summed E-state index contributed by atoms with van der Waals surface area (Å²) in [6, 6.07) is 5.59. The predicted molar refractivity (Wildman–Crippen MR) is 89.6 cm³/mol. The van der Waals surface area contributed by atoms with Gasteiger partial charge >= 0.3 is 11.8 Å². The molecule has 1 aromatic carbocycles. The molecule has 24 heavy (non-hydrogen) atoms. The number of ether oxygens (including phenoxy) is 2.